The number of aromatic nitrogens is 1. The number of hydrogen-bond acceptors (Lipinski definition) is 5. The highest BCUT2D eigenvalue weighted by molar-refractivity contribution is 6.49. The first-order chi connectivity index (χ1) is 16.0. The summed E-state index contributed by atoms with van der Waals surface area (Å²) in [6.45, 7) is 8.28. The third kappa shape index (κ3) is 5.96. The van der Waals surface area contributed by atoms with Crippen molar-refractivity contribution in [3.05, 3.63) is 76.7 Å². The van der Waals surface area contributed by atoms with Gasteiger partial charge in [-0.3, -0.25) is 14.6 Å². The molecule has 7 heteroatoms. The van der Waals surface area contributed by atoms with Crippen LogP contribution >= 0.6 is 11.6 Å². The van der Waals surface area contributed by atoms with Crippen LogP contribution in [-0.2, 0) is 4.79 Å². The van der Waals surface area contributed by atoms with E-state index >= 15 is 0 Å². The van der Waals surface area contributed by atoms with Gasteiger partial charge in [0.25, 0.3) is 5.91 Å². The normalized spacial score (nSPS) is 15.0. The molecule has 0 radical (unpaired) electrons. The third-order valence-electron chi connectivity index (χ3n) is 5.28. The Kier molecular flexibility index (Phi) is 8.55. The lowest BCUT2D eigenvalue weighted by atomic mass is 9.97. The Morgan fingerprint density at radius 2 is 1.79 bits per heavy atom. The minimum Gasteiger partial charge on any atom is -0.372 e. The number of benzene rings is 1. The van der Waals surface area contributed by atoms with Gasteiger partial charge in [-0.2, -0.15) is 0 Å². The molecule has 2 aromatic rings. The molecule has 172 valence electrons. The van der Waals surface area contributed by atoms with E-state index < -0.39 is 11.7 Å². The molecule has 0 saturated heterocycles. The van der Waals surface area contributed by atoms with Crippen LogP contribution in [0, 0.1) is 0 Å². The summed E-state index contributed by atoms with van der Waals surface area (Å²) in [4.78, 5) is 36.3. The third-order valence-corrected chi connectivity index (χ3v) is 5.68. The number of Topliss-reactive ketones (excluding diaryl/α,β-unsaturated/α-hetero) is 1. The summed E-state index contributed by atoms with van der Waals surface area (Å²) in [6, 6.07) is 11.3. The van der Waals surface area contributed by atoms with E-state index in [4.69, 9.17) is 16.6 Å². The van der Waals surface area contributed by atoms with Crippen LogP contribution in [0.3, 0.4) is 0 Å². The molecule has 1 aromatic carbocycles. The highest BCUT2D eigenvalue weighted by Gasteiger charge is 2.26. The quantitative estimate of drug-likeness (QED) is 0.491. The second-order valence-electron chi connectivity index (χ2n) is 7.73. The average molecular weight is 465 g/mol. The predicted molar refractivity (Wildman–Crippen MR) is 134 cm³/mol. The zero-order valence-electron chi connectivity index (χ0n) is 19.3. The summed E-state index contributed by atoms with van der Waals surface area (Å²) in [7, 11) is 0. The molecule has 0 aliphatic heterocycles. The van der Waals surface area contributed by atoms with Crippen molar-refractivity contribution in [2.24, 2.45) is 4.99 Å². The van der Waals surface area contributed by atoms with Gasteiger partial charge in [0.2, 0.25) is 5.78 Å². The topological polar surface area (TPSA) is 74.7 Å². The standard InChI is InChI=1S/C26H29ClN4O2/c1-4-14-31(15-5-2)20-11-9-19(10-12-20)29-22-16-23(25(32)24(27)21(22)6-3)30-26(33)18-8-7-13-28-17-18/h7-13,16-17H,4-6,14-15H2,1-3H3,(H,30,33). The highest BCUT2D eigenvalue weighted by atomic mass is 35.5. The Morgan fingerprint density at radius 3 is 2.36 bits per heavy atom. The van der Waals surface area contributed by atoms with Gasteiger partial charge in [-0.25, -0.2) is 4.99 Å². The molecule has 1 aliphatic rings. The first kappa shape index (κ1) is 24.4. The second kappa shape index (κ2) is 11.6. The van der Waals surface area contributed by atoms with E-state index in [1.165, 1.54) is 6.20 Å². The smallest absolute Gasteiger partial charge is 0.257 e. The Morgan fingerprint density at radius 1 is 1.09 bits per heavy atom. The van der Waals surface area contributed by atoms with Crippen LogP contribution < -0.4 is 10.2 Å². The fraction of sp³-hybridized carbons (Fsp3) is 0.308. The number of ketones is 1. The fourth-order valence-electron chi connectivity index (χ4n) is 3.66. The fourth-order valence-corrected chi connectivity index (χ4v) is 4.00. The van der Waals surface area contributed by atoms with Gasteiger partial charge in [0.05, 0.1) is 27.7 Å². The zero-order chi connectivity index (χ0) is 23.8. The molecule has 0 spiro atoms. The van der Waals surface area contributed by atoms with E-state index in [-0.39, 0.29) is 10.7 Å². The van der Waals surface area contributed by atoms with E-state index in [0.717, 1.165) is 37.3 Å². The number of halogens is 1. The lowest BCUT2D eigenvalue weighted by molar-refractivity contribution is -0.112. The summed E-state index contributed by atoms with van der Waals surface area (Å²) in [5, 5.41) is 2.73. The van der Waals surface area contributed by atoms with Crippen LogP contribution in [0.1, 0.15) is 50.4 Å². The lowest BCUT2D eigenvalue weighted by Crippen LogP contribution is -2.31. The van der Waals surface area contributed by atoms with E-state index in [2.05, 4.69) is 41.2 Å². The second-order valence-corrected chi connectivity index (χ2v) is 8.11. The molecule has 3 rings (SSSR count). The van der Waals surface area contributed by atoms with E-state index in [1.54, 1.807) is 24.4 Å². The average Bonchev–Trinajstić information content (AvgIpc) is 2.83. The number of rotatable bonds is 9. The molecule has 1 heterocycles. The Labute approximate surface area is 200 Å². The van der Waals surface area contributed by atoms with Gasteiger partial charge < -0.3 is 10.2 Å². The minimum absolute atomic E-state index is 0.0777. The van der Waals surface area contributed by atoms with Crippen LogP contribution in [0.25, 0.3) is 0 Å². The number of nitrogens with zero attached hydrogens (tertiary/aromatic N) is 3. The van der Waals surface area contributed by atoms with Crippen LogP contribution in [0.2, 0.25) is 0 Å². The van der Waals surface area contributed by atoms with Crippen molar-refractivity contribution in [3.63, 3.8) is 0 Å². The van der Waals surface area contributed by atoms with Crippen LogP contribution in [0.4, 0.5) is 11.4 Å². The van der Waals surface area contributed by atoms with Gasteiger partial charge in [-0.1, -0.05) is 32.4 Å². The monoisotopic (exact) mass is 464 g/mol. The van der Waals surface area contributed by atoms with Gasteiger partial charge in [-0.05, 0) is 61.7 Å². The maximum Gasteiger partial charge on any atom is 0.257 e. The number of carbonyl (C=O) groups is 2. The van der Waals surface area contributed by atoms with Crippen LogP contribution in [-0.4, -0.2) is 35.5 Å². The number of pyridine rings is 1. The molecule has 0 fully saturated rings. The van der Waals surface area contributed by atoms with Crippen molar-refractivity contribution in [1.29, 1.82) is 0 Å². The molecular weight excluding hydrogens is 436 g/mol. The molecule has 0 bridgehead atoms. The van der Waals surface area contributed by atoms with Crippen molar-refractivity contribution in [3.8, 4) is 0 Å². The van der Waals surface area contributed by atoms with Crippen molar-refractivity contribution in [2.45, 2.75) is 40.0 Å². The largest absolute Gasteiger partial charge is 0.372 e. The number of allylic oxidation sites excluding steroid dienone is 3. The van der Waals surface area contributed by atoms with Gasteiger partial charge >= 0.3 is 0 Å². The van der Waals surface area contributed by atoms with E-state index in [0.29, 0.717) is 23.3 Å². The van der Waals surface area contributed by atoms with Gasteiger partial charge in [0.1, 0.15) is 0 Å². The van der Waals surface area contributed by atoms with Crippen LogP contribution in [0.15, 0.2) is 76.2 Å². The van der Waals surface area contributed by atoms with Gasteiger partial charge in [0.15, 0.2) is 0 Å². The SMILES string of the molecule is CCCN(CCC)c1ccc(N=C2C=C(NC(=O)c3cccnc3)C(=O)C(Cl)=C2CC)cc1. The molecule has 1 N–H and O–H groups in total. The molecule has 33 heavy (non-hydrogen) atoms. The Bertz CT molecular complexity index is 1080. The van der Waals surface area contributed by atoms with Crippen molar-refractivity contribution in [2.75, 3.05) is 18.0 Å². The van der Waals surface area contributed by atoms with Crippen molar-refractivity contribution >= 4 is 40.4 Å². The van der Waals surface area contributed by atoms with E-state index in [1.807, 2.05) is 19.1 Å². The Hall–Kier alpha value is -3.25. The number of hydrogen-bond donors (Lipinski definition) is 1. The summed E-state index contributed by atoms with van der Waals surface area (Å²) in [6.07, 6.45) is 7.32. The molecule has 0 unspecified atom stereocenters. The van der Waals surface area contributed by atoms with E-state index in [9.17, 15) is 9.59 Å². The lowest BCUT2D eigenvalue weighted by Gasteiger charge is -2.23. The number of carbonyl (C=O) groups excluding carboxylic acids is 2. The zero-order valence-corrected chi connectivity index (χ0v) is 20.0. The summed E-state index contributed by atoms with van der Waals surface area (Å²) >= 11 is 6.39. The number of anilines is 1. The molecule has 1 aliphatic carbocycles. The predicted octanol–water partition coefficient (Wildman–Crippen LogP) is 5.58. The van der Waals surface area contributed by atoms with Gasteiger partial charge in [-0.15, -0.1) is 0 Å². The molecule has 0 saturated carbocycles. The van der Waals surface area contributed by atoms with Crippen molar-refractivity contribution < 1.29 is 9.59 Å². The molecule has 1 amide bonds. The molecule has 6 nitrogen and oxygen atoms in total. The molecule has 1 aromatic heterocycles. The first-order valence-electron chi connectivity index (χ1n) is 11.3. The highest BCUT2D eigenvalue weighted by Crippen LogP contribution is 2.28. The number of nitrogens with one attached hydrogen (secondary N) is 1. The minimum atomic E-state index is -0.428. The molecular formula is C26H29ClN4O2. The Balaban J connectivity index is 1.90. The van der Waals surface area contributed by atoms with Crippen LogP contribution in [0.5, 0.6) is 0 Å². The van der Waals surface area contributed by atoms with Crippen molar-refractivity contribution in [1.82, 2.24) is 10.3 Å². The number of aliphatic imine (C=N–C) groups is 1. The summed E-state index contributed by atoms with van der Waals surface area (Å²) < 4.78 is 0. The first-order valence-corrected chi connectivity index (χ1v) is 11.7. The summed E-state index contributed by atoms with van der Waals surface area (Å²) in [5.74, 6) is -0.849. The maximum absolute atomic E-state index is 12.8. The maximum atomic E-state index is 12.8. The van der Waals surface area contributed by atoms with Gasteiger partial charge in [0, 0.05) is 36.7 Å². The molecule has 0 atom stereocenters. The number of amides is 1. The summed E-state index contributed by atoms with van der Waals surface area (Å²) in [5.41, 5.74) is 3.58.